The van der Waals surface area contributed by atoms with E-state index in [9.17, 15) is 15.3 Å². The van der Waals surface area contributed by atoms with E-state index in [1.807, 2.05) is 45.0 Å². The largest absolute Gasteiger partial charge is 0.454 e. The summed E-state index contributed by atoms with van der Waals surface area (Å²) in [5.74, 6) is 0.870. The lowest BCUT2D eigenvalue weighted by Gasteiger charge is -2.50. The minimum Gasteiger partial charge on any atom is -0.454 e. The number of hydrogen-bond acceptors (Lipinski definition) is 7. The highest BCUT2D eigenvalue weighted by molar-refractivity contribution is 5.60. The molecule has 4 rings (SSSR count). The molecule has 2 fully saturated rings. The molecule has 7 heteroatoms. The Hall–Kier alpha value is -1.80. The molecule has 2 heterocycles. The molecule has 0 amide bonds. The first-order chi connectivity index (χ1) is 14.2. The van der Waals surface area contributed by atoms with Gasteiger partial charge < -0.3 is 34.4 Å². The molecule has 166 valence electrons. The zero-order valence-corrected chi connectivity index (χ0v) is 18.2. The molecular weight excluding hydrogens is 386 g/mol. The number of ether oxygens (including phenoxy) is 3. The maximum absolute atomic E-state index is 11.7. The summed E-state index contributed by atoms with van der Waals surface area (Å²) < 4.78 is 16.7. The van der Waals surface area contributed by atoms with Crippen molar-refractivity contribution in [3.05, 3.63) is 29.8 Å². The van der Waals surface area contributed by atoms with Gasteiger partial charge in [-0.2, -0.15) is 0 Å². The lowest BCUT2D eigenvalue weighted by atomic mass is 9.65. The molecule has 6 atom stereocenters. The Balaban J connectivity index is 1.80. The fraction of sp³-hybridized carbons (Fsp3) is 0.652. The normalized spacial score (nSPS) is 35.8. The quantitative estimate of drug-likeness (QED) is 0.631. The van der Waals surface area contributed by atoms with Gasteiger partial charge in [0.1, 0.15) is 0 Å². The number of benzene rings is 1. The van der Waals surface area contributed by atoms with Gasteiger partial charge in [-0.25, -0.2) is 0 Å². The molecule has 1 aromatic rings. The van der Waals surface area contributed by atoms with Crippen molar-refractivity contribution in [3.63, 3.8) is 0 Å². The Bertz CT molecular complexity index is 824. The van der Waals surface area contributed by atoms with E-state index in [1.54, 1.807) is 7.11 Å². The number of rotatable bonds is 5. The lowest BCUT2D eigenvalue weighted by Crippen LogP contribution is -2.63. The van der Waals surface area contributed by atoms with Crippen molar-refractivity contribution in [2.45, 2.75) is 69.5 Å². The molecule has 30 heavy (non-hydrogen) atoms. The number of nitrogens with zero attached hydrogens (tertiary/aromatic N) is 1. The lowest BCUT2D eigenvalue weighted by molar-refractivity contribution is -0.164. The summed E-state index contributed by atoms with van der Waals surface area (Å²) in [6.07, 6.45) is 1.32. The number of aliphatic hydroxyl groups is 3. The van der Waals surface area contributed by atoms with E-state index in [0.717, 1.165) is 11.3 Å². The third-order valence-electron chi connectivity index (χ3n) is 7.17. The molecule has 1 aliphatic carbocycles. The Morgan fingerprint density at radius 2 is 2.07 bits per heavy atom. The number of hydrogen-bond donors (Lipinski definition) is 3. The van der Waals surface area contributed by atoms with E-state index in [-0.39, 0.29) is 6.79 Å². The molecule has 7 nitrogen and oxygen atoms in total. The highest BCUT2D eigenvalue weighted by Gasteiger charge is 2.66. The van der Waals surface area contributed by atoms with E-state index < -0.39 is 35.4 Å². The molecule has 0 aromatic heterocycles. The van der Waals surface area contributed by atoms with E-state index in [4.69, 9.17) is 14.2 Å². The molecule has 0 bridgehead atoms. The summed E-state index contributed by atoms with van der Waals surface area (Å²) in [6.45, 7) is 6.49. The number of fused-ring (bicyclic) bond motifs is 2. The Kier molecular flexibility index (Phi) is 5.51. The number of aliphatic hydroxyl groups excluding tert-OH is 2. The van der Waals surface area contributed by atoms with Crippen LogP contribution in [0.1, 0.15) is 40.0 Å². The smallest absolute Gasteiger partial charge is 0.231 e. The van der Waals surface area contributed by atoms with Gasteiger partial charge in [-0.05, 0) is 52.2 Å². The summed E-state index contributed by atoms with van der Waals surface area (Å²) in [5.41, 5.74) is 0.00525. The number of allylic oxidation sites excluding steroid dienone is 1. The molecule has 1 saturated carbocycles. The molecule has 0 radical (unpaired) electrons. The Labute approximate surface area is 177 Å². The van der Waals surface area contributed by atoms with Crippen molar-refractivity contribution in [1.29, 1.82) is 0 Å². The van der Waals surface area contributed by atoms with E-state index in [1.165, 1.54) is 0 Å². The predicted molar refractivity (Wildman–Crippen MR) is 113 cm³/mol. The summed E-state index contributed by atoms with van der Waals surface area (Å²) in [7, 11) is 1.56. The van der Waals surface area contributed by atoms with Gasteiger partial charge >= 0.3 is 0 Å². The number of β-amino-alcohol motifs (C(OH)–C–C–N with tert-alkyl or cyclic N) is 1. The van der Waals surface area contributed by atoms with Crippen LogP contribution in [-0.2, 0) is 4.74 Å². The number of methoxy groups -OCH3 is 1. The molecule has 0 unspecified atom stereocenters. The fourth-order valence-electron chi connectivity index (χ4n) is 5.60. The van der Waals surface area contributed by atoms with E-state index >= 15 is 0 Å². The van der Waals surface area contributed by atoms with Crippen molar-refractivity contribution in [1.82, 2.24) is 0 Å². The van der Waals surface area contributed by atoms with Gasteiger partial charge in [0.05, 0.1) is 29.5 Å². The van der Waals surface area contributed by atoms with Crippen molar-refractivity contribution >= 4 is 5.69 Å². The van der Waals surface area contributed by atoms with E-state index in [0.29, 0.717) is 37.3 Å². The summed E-state index contributed by atoms with van der Waals surface area (Å²) >= 11 is 0. The zero-order valence-electron chi connectivity index (χ0n) is 18.2. The van der Waals surface area contributed by atoms with Gasteiger partial charge in [0.15, 0.2) is 11.5 Å². The highest BCUT2D eigenvalue weighted by Crippen LogP contribution is 2.54. The molecule has 1 aromatic carbocycles. The third kappa shape index (κ3) is 3.28. The zero-order chi connectivity index (χ0) is 21.7. The maximum Gasteiger partial charge on any atom is 0.231 e. The van der Waals surface area contributed by atoms with Gasteiger partial charge in [-0.3, -0.25) is 0 Å². The molecule has 3 aliphatic rings. The second-order valence-electron chi connectivity index (χ2n) is 9.27. The summed E-state index contributed by atoms with van der Waals surface area (Å²) in [4.78, 5) is 2.06. The first-order valence-electron chi connectivity index (χ1n) is 10.6. The average molecular weight is 420 g/mol. The predicted octanol–water partition coefficient (Wildman–Crippen LogP) is 2.23. The van der Waals surface area contributed by atoms with Gasteiger partial charge in [-0.15, -0.1) is 0 Å². The van der Waals surface area contributed by atoms with Crippen LogP contribution in [0.2, 0.25) is 0 Å². The molecular formula is C23H33NO6. The first kappa shape index (κ1) is 21.4. The maximum atomic E-state index is 11.7. The van der Waals surface area contributed by atoms with Crippen LogP contribution in [0.5, 0.6) is 11.5 Å². The average Bonchev–Trinajstić information content (AvgIpc) is 3.27. The molecule has 1 saturated heterocycles. The fourth-order valence-corrected chi connectivity index (χ4v) is 5.60. The van der Waals surface area contributed by atoms with Crippen LogP contribution < -0.4 is 14.4 Å². The van der Waals surface area contributed by atoms with Gasteiger partial charge in [0.25, 0.3) is 0 Å². The van der Waals surface area contributed by atoms with Crippen molar-refractivity contribution in [3.8, 4) is 11.5 Å². The van der Waals surface area contributed by atoms with Crippen LogP contribution in [0.4, 0.5) is 5.69 Å². The van der Waals surface area contributed by atoms with Gasteiger partial charge in [0.2, 0.25) is 6.79 Å². The summed E-state index contributed by atoms with van der Waals surface area (Å²) in [6, 6.07) is 5.68. The highest BCUT2D eigenvalue weighted by atomic mass is 16.7. The Morgan fingerprint density at radius 3 is 2.77 bits per heavy atom. The van der Waals surface area contributed by atoms with Crippen LogP contribution >= 0.6 is 0 Å². The number of anilines is 1. The topological polar surface area (TPSA) is 91.6 Å². The molecule has 3 N–H and O–H groups in total. The van der Waals surface area contributed by atoms with Crippen LogP contribution in [0.3, 0.4) is 0 Å². The Morgan fingerprint density at radius 1 is 1.33 bits per heavy atom. The van der Waals surface area contributed by atoms with Crippen molar-refractivity contribution in [2.24, 2.45) is 5.92 Å². The standard InChI is InChI=1S/C23H33NO6/c1-14(2)5-8-19(26)22(3)21-20(28-4)16(25)9-10-23(21,27)12-24(22)15-6-7-17-18(11-15)30-13-29-17/h5-7,11,16,19-21,25-27H,8-10,12-13H2,1-4H3/t16-,19-,20-,21-,22-,23+/m1/s1. The van der Waals surface area contributed by atoms with Crippen LogP contribution in [0, 0.1) is 5.92 Å². The SMILES string of the molecule is CO[C@@H]1[C@H](O)CC[C@]2(O)CN(c3ccc4c(c3)OCO4)[C@](C)([C@H](O)CC=C(C)C)[C@@H]12. The minimum absolute atomic E-state index is 0.184. The second kappa shape index (κ2) is 7.71. The van der Waals surface area contributed by atoms with Crippen molar-refractivity contribution < 1.29 is 29.5 Å². The van der Waals surface area contributed by atoms with Crippen LogP contribution in [0.25, 0.3) is 0 Å². The van der Waals surface area contributed by atoms with Gasteiger partial charge in [0, 0.05) is 31.3 Å². The molecule has 0 spiro atoms. The molecule has 2 aliphatic heterocycles. The second-order valence-corrected chi connectivity index (χ2v) is 9.27. The van der Waals surface area contributed by atoms with Gasteiger partial charge in [-0.1, -0.05) is 11.6 Å². The first-order valence-corrected chi connectivity index (χ1v) is 10.6. The third-order valence-corrected chi connectivity index (χ3v) is 7.17. The van der Waals surface area contributed by atoms with Crippen molar-refractivity contribution in [2.75, 3.05) is 25.3 Å². The van der Waals surface area contributed by atoms with Crippen LogP contribution in [0.15, 0.2) is 29.8 Å². The summed E-state index contributed by atoms with van der Waals surface area (Å²) in [5, 5.41) is 33.8. The van der Waals surface area contributed by atoms with Crippen LogP contribution in [-0.4, -0.2) is 65.2 Å². The monoisotopic (exact) mass is 419 g/mol. The van der Waals surface area contributed by atoms with E-state index in [2.05, 4.69) is 4.90 Å². The minimum atomic E-state index is -1.09.